The summed E-state index contributed by atoms with van der Waals surface area (Å²) in [4.78, 5) is 16.8. The Morgan fingerprint density at radius 1 is 1.03 bits per heavy atom. The maximum absolute atomic E-state index is 12.8. The number of nitrogens with zero attached hydrogens (tertiary/aromatic N) is 4. The summed E-state index contributed by atoms with van der Waals surface area (Å²) in [5.74, 6) is -0.0263. The van der Waals surface area contributed by atoms with E-state index in [-0.39, 0.29) is 5.91 Å². The number of carbonyl (C=O) groups is 1. The van der Waals surface area contributed by atoms with Crippen molar-refractivity contribution < 1.29 is 9.53 Å². The van der Waals surface area contributed by atoms with E-state index in [0.29, 0.717) is 18.7 Å². The number of ether oxygens (including phenoxy) is 1. The molecule has 0 bridgehead atoms. The van der Waals surface area contributed by atoms with Crippen molar-refractivity contribution >= 4 is 11.6 Å². The molecular weight excluding hydrogens is 364 g/mol. The number of hydrogen-bond acceptors (Lipinski definition) is 4. The number of rotatable bonds is 6. The molecule has 1 aliphatic rings. The zero-order chi connectivity index (χ0) is 20.1. The Balaban J connectivity index is 1.35. The molecule has 0 atom stereocenters. The minimum atomic E-state index is -0.0263. The molecule has 1 aromatic heterocycles. The molecular formula is C23H26N4O2. The van der Waals surface area contributed by atoms with Crippen molar-refractivity contribution in [2.75, 3.05) is 38.3 Å². The molecule has 4 rings (SSSR count). The third kappa shape index (κ3) is 4.84. The van der Waals surface area contributed by atoms with Crippen LogP contribution in [-0.4, -0.2) is 53.9 Å². The number of aromatic nitrogens is 2. The van der Waals surface area contributed by atoms with Gasteiger partial charge in [-0.3, -0.25) is 9.48 Å². The van der Waals surface area contributed by atoms with E-state index in [1.165, 1.54) is 5.69 Å². The quantitative estimate of drug-likeness (QED) is 0.649. The van der Waals surface area contributed by atoms with Crippen LogP contribution in [-0.2, 0) is 17.8 Å². The molecule has 2 heterocycles. The number of carbonyl (C=O) groups excluding carboxylic acids is 1. The summed E-state index contributed by atoms with van der Waals surface area (Å²) < 4.78 is 7.21. The highest BCUT2D eigenvalue weighted by Crippen LogP contribution is 2.18. The molecule has 0 N–H and O–H groups in total. The fourth-order valence-corrected chi connectivity index (χ4v) is 3.53. The minimum Gasteiger partial charge on any atom is -0.378 e. The number of morpholine rings is 1. The van der Waals surface area contributed by atoms with Gasteiger partial charge in [0.1, 0.15) is 0 Å². The smallest absolute Gasteiger partial charge is 0.257 e. The van der Waals surface area contributed by atoms with E-state index in [9.17, 15) is 4.79 Å². The standard InChI is InChI=1S/C23H26N4O2/c1-25(16-20-7-9-22(10-8-20)26-11-13-29-14-12-26)23(28)21-15-24-27(18-21)17-19-5-3-2-4-6-19/h2-10,15,18H,11-14,16-17H2,1H3. The summed E-state index contributed by atoms with van der Waals surface area (Å²) in [5, 5.41) is 4.34. The van der Waals surface area contributed by atoms with E-state index >= 15 is 0 Å². The van der Waals surface area contributed by atoms with Crippen LogP contribution < -0.4 is 4.90 Å². The van der Waals surface area contributed by atoms with Crippen molar-refractivity contribution in [3.8, 4) is 0 Å². The lowest BCUT2D eigenvalue weighted by Gasteiger charge is -2.29. The molecule has 1 amide bonds. The van der Waals surface area contributed by atoms with Gasteiger partial charge < -0.3 is 14.5 Å². The van der Waals surface area contributed by atoms with Crippen LogP contribution in [0.4, 0.5) is 5.69 Å². The predicted octanol–water partition coefficient (Wildman–Crippen LogP) is 3.04. The van der Waals surface area contributed by atoms with Gasteiger partial charge >= 0.3 is 0 Å². The summed E-state index contributed by atoms with van der Waals surface area (Å²) in [5.41, 5.74) is 4.07. The highest BCUT2D eigenvalue weighted by molar-refractivity contribution is 5.93. The van der Waals surface area contributed by atoms with Crippen LogP contribution in [0, 0.1) is 0 Å². The molecule has 2 aromatic carbocycles. The normalized spacial score (nSPS) is 14.0. The van der Waals surface area contributed by atoms with Crippen molar-refractivity contribution in [1.29, 1.82) is 0 Å². The van der Waals surface area contributed by atoms with Crippen LogP contribution in [0.25, 0.3) is 0 Å². The Morgan fingerprint density at radius 2 is 1.76 bits per heavy atom. The molecule has 150 valence electrons. The van der Waals surface area contributed by atoms with Crippen molar-refractivity contribution in [1.82, 2.24) is 14.7 Å². The van der Waals surface area contributed by atoms with Gasteiger partial charge in [-0.25, -0.2) is 0 Å². The van der Waals surface area contributed by atoms with Gasteiger partial charge in [-0.2, -0.15) is 5.10 Å². The molecule has 0 unspecified atom stereocenters. The van der Waals surface area contributed by atoms with Gasteiger partial charge in [0.2, 0.25) is 0 Å². The number of anilines is 1. The fraction of sp³-hybridized carbons (Fsp3) is 0.304. The molecule has 1 fully saturated rings. The van der Waals surface area contributed by atoms with Gasteiger partial charge in [0.05, 0.1) is 31.5 Å². The lowest BCUT2D eigenvalue weighted by Crippen LogP contribution is -2.36. The third-order valence-corrected chi connectivity index (χ3v) is 5.15. The predicted molar refractivity (Wildman–Crippen MR) is 113 cm³/mol. The van der Waals surface area contributed by atoms with Gasteiger partial charge in [0, 0.05) is 38.6 Å². The number of amides is 1. The van der Waals surface area contributed by atoms with Gasteiger partial charge in [-0.1, -0.05) is 42.5 Å². The highest BCUT2D eigenvalue weighted by Gasteiger charge is 2.15. The summed E-state index contributed by atoms with van der Waals surface area (Å²) in [6.07, 6.45) is 3.46. The minimum absolute atomic E-state index is 0.0263. The average Bonchev–Trinajstić information content (AvgIpc) is 3.23. The molecule has 0 spiro atoms. The van der Waals surface area contributed by atoms with E-state index in [0.717, 1.165) is 37.4 Å². The molecule has 0 radical (unpaired) electrons. The maximum Gasteiger partial charge on any atom is 0.257 e. The Labute approximate surface area is 171 Å². The summed E-state index contributed by atoms with van der Waals surface area (Å²) in [6, 6.07) is 18.5. The monoisotopic (exact) mass is 390 g/mol. The molecule has 6 heteroatoms. The molecule has 6 nitrogen and oxygen atoms in total. The first-order valence-electron chi connectivity index (χ1n) is 9.92. The summed E-state index contributed by atoms with van der Waals surface area (Å²) in [6.45, 7) is 4.61. The number of benzene rings is 2. The third-order valence-electron chi connectivity index (χ3n) is 5.15. The number of hydrogen-bond donors (Lipinski definition) is 0. The molecule has 29 heavy (non-hydrogen) atoms. The SMILES string of the molecule is CN(Cc1ccc(N2CCOCC2)cc1)C(=O)c1cnn(Cc2ccccc2)c1. The maximum atomic E-state index is 12.8. The van der Waals surface area contributed by atoms with E-state index in [1.807, 2.05) is 31.4 Å². The van der Waals surface area contributed by atoms with Crippen molar-refractivity contribution in [2.45, 2.75) is 13.1 Å². The molecule has 1 aliphatic heterocycles. The second-order valence-corrected chi connectivity index (χ2v) is 7.34. The molecule has 0 aliphatic carbocycles. The van der Waals surface area contributed by atoms with Crippen LogP contribution in [0.15, 0.2) is 67.0 Å². The van der Waals surface area contributed by atoms with Crippen LogP contribution in [0.2, 0.25) is 0 Å². The second-order valence-electron chi connectivity index (χ2n) is 7.34. The van der Waals surface area contributed by atoms with E-state index < -0.39 is 0 Å². The Kier molecular flexibility index (Phi) is 5.91. The second kappa shape index (κ2) is 8.92. The van der Waals surface area contributed by atoms with Crippen molar-refractivity contribution in [3.63, 3.8) is 0 Å². The van der Waals surface area contributed by atoms with E-state index in [1.54, 1.807) is 15.8 Å². The lowest BCUT2D eigenvalue weighted by atomic mass is 10.1. The zero-order valence-electron chi connectivity index (χ0n) is 16.7. The van der Waals surface area contributed by atoms with Gasteiger partial charge in [-0.15, -0.1) is 0 Å². The van der Waals surface area contributed by atoms with Crippen LogP contribution in [0.5, 0.6) is 0 Å². The first-order valence-corrected chi connectivity index (χ1v) is 9.92. The van der Waals surface area contributed by atoms with Crippen LogP contribution in [0.3, 0.4) is 0 Å². The Hall–Kier alpha value is -3.12. The van der Waals surface area contributed by atoms with E-state index in [2.05, 4.69) is 46.4 Å². The topological polar surface area (TPSA) is 50.6 Å². The van der Waals surface area contributed by atoms with Crippen molar-refractivity contribution in [2.24, 2.45) is 0 Å². The Bertz CT molecular complexity index is 931. The highest BCUT2D eigenvalue weighted by atomic mass is 16.5. The fourth-order valence-electron chi connectivity index (χ4n) is 3.53. The largest absolute Gasteiger partial charge is 0.378 e. The Morgan fingerprint density at radius 3 is 2.48 bits per heavy atom. The average molecular weight is 390 g/mol. The molecule has 0 saturated carbocycles. The van der Waals surface area contributed by atoms with Gasteiger partial charge in [0.25, 0.3) is 5.91 Å². The first-order chi connectivity index (χ1) is 14.2. The first kappa shape index (κ1) is 19.2. The van der Waals surface area contributed by atoms with Gasteiger partial charge in [0.15, 0.2) is 0 Å². The molecule has 1 saturated heterocycles. The lowest BCUT2D eigenvalue weighted by molar-refractivity contribution is 0.0785. The molecule has 3 aromatic rings. The summed E-state index contributed by atoms with van der Waals surface area (Å²) >= 11 is 0. The summed E-state index contributed by atoms with van der Waals surface area (Å²) in [7, 11) is 1.83. The van der Waals surface area contributed by atoms with Crippen LogP contribution in [0.1, 0.15) is 21.5 Å². The van der Waals surface area contributed by atoms with E-state index in [4.69, 9.17) is 4.74 Å². The van der Waals surface area contributed by atoms with Gasteiger partial charge in [-0.05, 0) is 23.3 Å². The zero-order valence-corrected chi connectivity index (χ0v) is 16.7. The van der Waals surface area contributed by atoms with Crippen LogP contribution >= 0.6 is 0 Å². The van der Waals surface area contributed by atoms with Crippen molar-refractivity contribution in [3.05, 3.63) is 83.7 Å².